The molecular formula is C70H115N19O21. The van der Waals surface area contributed by atoms with E-state index in [1.807, 2.05) is 6.92 Å². The normalized spacial score (nSPS) is 14.5. The predicted molar refractivity (Wildman–Crippen MR) is 399 cm³/mol. The number of aliphatic imine (C=N–C) groups is 2. The van der Waals surface area contributed by atoms with Crippen LogP contribution in [0.15, 0.2) is 40.3 Å². The number of unbranched alkanes of at least 4 members (excludes halogenated alkanes) is 3. The van der Waals surface area contributed by atoms with E-state index in [4.69, 9.17) is 28.7 Å². The van der Waals surface area contributed by atoms with Gasteiger partial charge in [0.05, 0.1) is 13.0 Å². The van der Waals surface area contributed by atoms with Crippen molar-refractivity contribution < 1.29 is 102 Å². The number of carboxylic acid groups (broad SMARTS) is 4. The second-order valence-corrected chi connectivity index (χ2v) is 27.1. The van der Waals surface area contributed by atoms with Gasteiger partial charge in [-0.25, -0.2) is 4.79 Å². The molecule has 0 aliphatic heterocycles. The summed E-state index contributed by atoms with van der Waals surface area (Å²) in [5.41, 5.74) is 28.2. The number of amides is 13. The van der Waals surface area contributed by atoms with Crippen molar-refractivity contribution in [3.63, 3.8) is 0 Å². The van der Waals surface area contributed by atoms with Crippen LogP contribution >= 0.6 is 0 Å². The smallest absolute Gasteiger partial charge is 0.326 e. The molecule has 0 saturated heterocycles. The van der Waals surface area contributed by atoms with Crippen molar-refractivity contribution in [3.8, 4) is 0 Å². The number of nitrogens with two attached hydrogens (primary N) is 5. The standard InChI is InChI=1S/C70H115N19O21/c1-9-12-13-17-24-51(91)88-57(39(7)11-3)67(108)79-40(8)58(99)81-44(25-28-50(71)90)60(101)84-45(26-29-53(93)94)61(102)86-47(33-37(4)5)64(105)83-42(22-18-31-76-69(72)73)59(100)82-43(23-19-32-77-70(74)75)63(104)89-56(38(6)10-2)66(107)78-36-52(92)80-48(35-55(97)98)65(106)85-46(27-30-54(95)96)62(103)87-49(68(109)110)34-41-20-15-14-16-21-41/h14-16,20-21,37-40,42-49,56-57H,9-13,17-19,22-36H2,1-8H3,(H2,71,90)(H,78,107)(H,79,108)(H,80,92)(H,81,99)(H,82,100)(H,83,105)(H,84,101)(H,85,106)(H,86,102)(H,87,103)(H,88,91)(H,89,104)(H,93,94)(H,95,96)(H,97,98)(H,109,110)(H4,72,73,76)(H4,74,75,77)/t38-,39-,40-,42-,43-,44-,45-,46-,47-,48-,49-,56-,57-/m0/s1. The number of hydrogen-bond donors (Lipinski definition) is 21. The quantitative estimate of drug-likeness (QED) is 0.0171. The number of guanidine groups is 2. The van der Waals surface area contributed by atoms with Crippen molar-refractivity contribution in [2.45, 2.75) is 250 Å². The minimum Gasteiger partial charge on any atom is -0.481 e. The molecule has 1 aromatic carbocycles. The second-order valence-electron chi connectivity index (χ2n) is 27.1. The molecule has 0 unspecified atom stereocenters. The topological polar surface area (TPSA) is 670 Å². The van der Waals surface area contributed by atoms with Gasteiger partial charge in [-0.3, -0.25) is 86.7 Å². The fourth-order valence-electron chi connectivity index (χ4n) is 10.7. The van der Waals surface area contributed by atoms with Crippen molar-refractivity contribution in [3.05, 3.63) is 35.9 Å². The molecule has 0 spiro atoms. The summed E-state index contributed by atoms with van der Waals surface area (Å²) in [6.07, 6.45) is -1.61. The van der Waals surface area contributed by atoms with E-state index >= 15 is 0 Å². The van der Waals surface area contributed by atoms with Crippen LogP contribution in [-0.2, 0) is 87.9 Å². The van der Waals surface area contributed by atoms with Crippen molar-refractivity contribution in [2.24, 2.45) is 56.4 Å². The Morgan fingerprint density at radius 3 is 1.24 bits per heavy atom. The van der Waals surface area contributed by atoms with E-state index in [9.17, 15) is 102 Å². The highest BCUT2D eigenvalue weighted by Gasteiger charge is 2.38. The number of carbonyl (C=O) groups is 17. The molecule has 0 aliphatic rings. The van der Waals surface area contributed by atoms with Crippen LogP contribution in [0, 0.1) is 17.8 Å². The first-order valence-electron chi connectivity index (χ1n) is 36.6. The van der Waals surface area contributed by atoms with Crippen molar-refractivity contribution >= 4 is 113 Å². The Labute approximate surface area is 638 Å². The third-order valence-electron chi connectivity index (χ3n) is 17.3. The number of aliphatic carboxylic acids is 4. The Morgan fingerprint density at radius 1 is 0.391 bits per heavy atom. The Bertz CT molecular complexity index is 3330. The summed E-state index contributed by atoms with van der Waals surface area (Å²) in [5.74, 6) is -21.0. The Kier molecular flexibility index (Phi) is 45.7. The maximum atomic E-state index is 14.7. The summed E-state index contributed by atoms with van der Waals surface area (Å²) in [6.45, 7) is 12.2. The van der Waals surface area contributed by atoms with Gasteiger partial charge in [-0.1, -0.05) is 111 Å². The molecule has 0 aromatic heterocycles. The Balaban J connectivity index is 3.66. The maximum Gasteiger partial charge on any atom is 0.326 e. The molecule has 0 heterocycles. The van der Waals surface area contributed by atoms with Gasteiger partial charge in [-0.05, 0) is 88.0 Å². The molecule has 13 atom stereocenters. The largest absolute Gasteiger partial charge is 0.481 e. The van der Waals surface area contributed by atoms with E-state index in [1.54, 1.807) is 71.9 Å². The molecule has 0 aliphatic carbocycles. The first kappa shape index (κ1) is 96.8. The van der Waals surface area contributed by atoms with Gasteiger partial charge in [0, 0.05) is 45.2 Å². The fourth-order valence-corrected chi connectivity index (χ4v) is 10.7. The molecule has 110 heavy (non-hydrogen) atoms. The zero-order valence-electron chi connectivity index (χ0n) is 63.7. The van der Waals surface area contributed by atoms with Gasteiger partial charge in [0.25, 0.3) is 0 Å². The van der Waals surface area contributed by atoms with Crippen LogP contribution in [-0.4, -0.2) is 219 Å². The number of carbonyl (C=O) groups excluding carboxylic acids is 13. The highest BCUT2D eigenvalue weighted by Crippen LogP contribution is 2.16. The molecule has 1 aromatic rings. The monoisotopic (exact) mass is 1560 g/mol. The number of hydrogen-bond acceptors (Lipinski definition) is 19. The highest BCUT2D eigenvalue weighted by atomic mass is 16.4. The summed E-state index contributed by atoms with van der Waals surface area (Å²) < 4.78 is 0. The number of nitrogens with one attached hydrogen (secondary N) is 12. The average Bonchev–Trinajstić information content (AvgIpc) is 0.863. The average molecular weight is 1560 g/mol. The molecule has 0 radical (unpaired) electrons. The number of rotatable bonds is 56. The third-order valence-corrected chi connectivity index (χ3v) is 17.3. The molecule has 0 fully saturated rings. The van der Waals surface area contributed by atoms with Crippen molar-refractivity contribution in [1.29, 1.82) is 0 Å². The van der Waals surface area contributed by atoms with E-state index in [0.29, 0.717) is 18.4 Å². The number of nitrogens with zero attached hydrogens (tertiary/aromatic N) is 2. The van der Waals surface area contributed by atoms with Crippen LogP contribution < -0.4 is 92.5 Å². The van der Waals surface area contributed by atoms with Gasteiger partial charge in [0.2, 0.25) is 76.8 Å². The molecule has 13 amide bonds. The molecule has 0 bridgehead atoms. The molecule has 0 saturated carbocycles. The lowest BCUT2D eigenvalue weighted by molar-refractivity contribution is -0.143. The van der Waals surface area contributed by atoms with Crippen molar-refractivity contribution in [2.75, 3.05) is 19.6 Å². The van der Waals surface area contributed by atoms with Crippen LogP contribution in [0.25, 0.3) is 0 Å². The van der Waals surface area contributed by atoms with Gasteiger partial charge in [0.15, 0.2) is 11.9 Å². The predicted octanol–water partition coefficient (Wildman–Crippen LogP) is -3.53. The van der Waals surface area contributed by atoms with E-state index in [-0.39, 0.29) is 88.2 Å². The second kappa shape index (κ2) is 51.9. The fraction of sp³-hybridized carbons (Fsp3) is 0.643. The van der Waals surface area contributed by atoms with Crippen LogP contribution in [0.4, 0.5) is 0 Å². The number of benzene rings is 1. The first-order chi connectivity index (χ1) is 51.7. The molecule has 26 N–H and O–H groups in total. The van der Waals surface area contributed by atoms with Gasteiger partial charge >= 0.3 is 23.9 Å². The first-order valence-corrected chi connectivity index (χ1v) is 36.6. The Hall–Kier alpha value is -11.3. The number of primary amides is 1. The minimum atomic E-state index is -1.99. The third kappa shape index (κ3) is 40.1. The van der Waals surface area contributed by atoms with Gasteiger partial charge in [0.1, 0.15) is 66.5 Å². The molecule has 40 heteroatoms. The zero-order valence-corrected chi connectivity index (χ0v) is 63.7. The summed E-state index contributed by atoms with van der Waals surface area (Å²) in [6, 6.07) is -9.34. The van der Waals surface area contributed by atoms with Gasteiger partial charge < -0.3 is 113 Å². The van der Waals surface area contributed by atoms with Crippen LogP contribution in [0.3, 0.4) is 0 Å². The van der Waals surface area contributed by atoms with Crippen LogP contribution in [0.5, 0.6) is 0 Å². The lowest BCUT2D eigenvalue weighted by Crippen LogP contribution is -2.60. The van der Waals surface area contributed by atoms with Crippen LogP contribution in [0.2, 0.25) is 0 Å². The van der Waals surface area contributed by atoms with E-state index < -0.39 is 225 Å². The van der Waals surface area contributed by atoms with E-state index in [2.05, 4.69) is 73.8 Å². The van der Waals surface area contributed by atoms with Gasteiger partial charge in [-0.15, -0.1) is 0 Å². The Morgan fingerprint density at radius 2 is 0.809 bits per heavy atom. The lowest BCUT2D eigenvalue weighted by Gasteiger charge is -2.29. The van der Waals surface area contributed by atoms with E-state index in [0.717, 1.165) is 19.3 Å². The van der Waals surface area contributed by atoms with Crippen LogP contribution in [0.1, 0.15) is 183 Å². The minimum absolute atomic E-state index is 0.0106. The van der Waals surface area contributed by atoms with Crippen molar-refractivity contribution in [1.82, 2.24) is 63.8 Å². The summed E-state index contributed by atoms with van der Waals surface area (Å²) in [5, 5.41) is 68.1. The summed E-state index contributed by atoms with van der Waals surface area (Å²) >= 11 is 0. The summed E-state index contributed by atoms with van der Waals surface area (Å²) in [7, 11) is 0. The highest BCUT2D eigenvalue weighted by molar-refractivity contribution is 6.00. The number of carboxylic acids is 4. The lowest BCUT2D eigenvalue weighted by atomic mass is 9.97. The van der Waals surface area contributed by atoms with E-state index in [1.165, 1.54) is 6.92 Å². The molecule has 616 valence electrons. The zero-order chi connectivity index (χ0) is 83.3. The maximum absolute atomic E-state index is 14.7. The summed E-state index contributed by atoms with van der Waals surface area (Å²) in [4.78, 5) is 235. The molecular weight excluding hydrogens is 1440 g/mol. The molecule has 1 rings (SSSR count). The van der Waals surface area contributed by atoms with Gasteiger partial charge in [-0.2, -0.15) is 0 Å². The SMILES string of the molecule is CCCCCCC(=O)N[C@H](C(=O)N[C@@H](C)C(=O)N[C@@H](CCC(N)=O)C(=O)N[C@@H](CCC(=O)O)C(=O)N[C@@H](CC(C)C)C(=O)N[C@@H](CCCN=C(N)N)C(=O)N[C@@H](CCCN=C(N)N)C(=O)N[C@H](C(=O)NCC(=O)N[C@@H](CC(=O)O)C(=O)N[C@@H](CCC(=O)O)C(=O)N[C@@H](Cc1ccccc1)C(=O)O)[C@@H](C)CC)[C@@H](C)CC. The molecule has 40 nitrogen and oxygen atoms in total.